The van der Waals surface area contributed by atoms with Gasteiger partial charge in [-0.1, -0.05) is 18.2 Å². The molecule has 24 heavy (non-hydrogen) atoms. The Bertz CT molecular complexity index is 828. The molecular weight excluding hydrogens is 324 g/mol. The predicted octanol–water partition coefficient (Wildman–Crippen LogP) is 2.91. The zero-order valence-electron chi connectivity index (χ0n) is 13.4. The number of esters is 1. The number of aryl methyl sites for hydroxylation is 1. The Balaban J connectivity index is 1.78. The van der Waals surface area contributed by atoms with Gasteiger partial charge in [0.25, 0.3) is 0 Å². The van der Waals surface area contributed by atoms with E-state index in [2.05, 4.69) is 4.99 Å². The first kappa shape index (κ1) is 16.5. The first-order valence-electron chi connectivity index (χ1n) is 7.78. The average molecular weight is 342 g/mol. The lowest BCUT2D eigenvalue weighted by molar-refractivity contribution is 0.0730. The van der Waals surface area contributed by atoms with Crippen LogP contribution in [0.25, 0.3) is 0 Å². The fourth-order valence-corrected chi connectivity index (χ4v) is 3.33. The highest BCUT2D eigenvalue weighted by Crippen LogP contribution is 2.18. The fraction of sp³-hybridized carbons (Fsp3) is 0.278. The molecule has 0 amide bonds. The van der Waals surface area contributed by atoms with Gasteiger partial charge in [0.1, 0.15) is 0 Å². The van der Waals surface area contributed by atoms with Crippen molar-refractivity contribution in [3.05, 3.63) is 64.1 Å². The molecule has 0 N–H and O–H groups in total. The molecule has 2 heterocycles. The number of thioether (sulfide) groups is 1. The van der Waals surface area contributed by atoms with Gasteiger partial charge in [0, 0.05) is 37.5 Å². The second-order valence-corrected chi connectivity index (χ2v) is 6.59. The lowest BCUT2D eigenvalue weighted by Gasteiger charge is -2.14. The third-order valence-corrected chi connectivity index (χ3v) is 4.86. The molecule has 0 spiro atoms. The number of hydrogen-bond donors (Lipinski definition) is 0. The van der Waals surface area contributed by atoms with E-state index >= 15 is 0 Å². The van der Waals surface area contributed by atoms with Gasteiger partial charge in [-0.15, -0.1) is 11.8 Å². The van der Waals surface area contributed by atoms with E-state index in [1.54, 1.807) is 49.1 Å². The van der Waals surface area contributed by atoms with Crippen LogP contribution in [-0.4, -0.2) is 27.9 Å². The van der Waals surface area contributed by atoms with Crippen molar-refractivity contribution in [3.8, 4) is 5.75 Å². The minimum absolute atomic E-state index is 0.0902. The molecule has 0 radical (unpaired) electrons. The standard InChI is InChI=1S/C18H18N2O3S/c1-13-17(23-18(22)14-5-3-2-4-6-14)15(21)7-10-20(13)11-8-16-19-9-12-24-16/h2-7,10H,8-9,11-12H2,1H3. The highest BCUT2D eigenvalue weighted by atomic mass is 32.2. The number of benzene rings is 1. The molecule has 2 aromatic rings. The van der Waals surface area contributed by atoms with E-state index in [-0.39, 0.29) is 11.2 Å². The number of nitrogens with zero attached hydrogens (tertiary/aromatic N) is 2. The Labute approximate surface area is 144 Å². The molecule has 1 aromatic heterocycles. The number of ether oxygens (including phenoxy) is 1. The molecule has 6 heteroatoms. The Hall–Kier alpha value is -2.34. The largest absolute Gasteiger partial charge is 0.417 e. The molecule has 5 nitrogen and oxygen atoms in total. The molecule has 0 unspecified atom stereocenters. The number of aliphatic imine (C=N–C) groups is 1. The summed E-state index contributed by atoms with van der Waals surface area (Å²) in [6.45, 7) is 3.37. The van der Waals surface area contributed by atoms with Crippen LogP contribution in [0.4, 0.5) is 0 Å². The monoisotopic (exact) mass is 342 g/mol. The van der Waals surface area contributed by atoms with Gasteiger partial charge in [0.05, 0.1) is 16.3 Å². The van der Waals surface area contributed by atoms with Crippen molar-refractivity contribution >= 4 is 22.8 Å². The topological polar surface area (TPSA) is 60.7 Å². The van der Waals surface area contributed by atoms with Crippen LogP contribution in [0.1, 0.15) is 22.5 Å². The van der Waals surface area contributed by atoms with Gasteiger partial charge in [-0.25, -0.2) is 4.79 Å². The maximum Gasteiger partial charge on any atom is 0.343 e. The number of aromatic nitrogens is 1. The van der Waals surface area contributed by atoms with Crippen molar-refractivity contribution < 1.29 is 9.53 Å². The van der Waals surface area contributed by atoms with E-state index in [9.17, 15) is 9.59 Å². The van der Waals surface area contributed by atoms with Gasteiger partial charge >= 0.3 is 5.97 Å². The van der Waals surface area contributed by atoms with Crippen LogP contribution in [0.5, 0.6) is 5.75 Å². The molecule has 1 aliphatic heterocycles. The summed E-state index contributed by atoms with van der Waals surface area (Å²) in [5, 5.41) is 1.14. The van der Waals surface area contributed by atoms with Crippen LogP contribution in [0.2, 0.25) is 0 Å². The Morgan fingerprint density at radius 1 is 1.29 bits per heavy atom. The summed E-state index contributed by atoms with van der Waals surface area (Å²) in [7, 11) is 0. The van der Waals surface area contributed by atoms with Crippen molar-refractivity contribution in [2.75, 3.05) is 12.3 Å². The predicted molar refractivity (Wildman–Crippen MR) is 96.2 cm³/mol. The Morgan fingerprint density at radius 2 is 2.08 bits per heavy atom. The van der Waals surface area contributed by atoms with Crippen molar-refractivity contribution in [1.82, 2.24) is 4.57 Å². The molecule has 1 aromatic carbocycles. The van der Waals surface area contributed by atoms with Crippen LogP contribution in [0, 0.1) is 6.92 Å². The number of hydrogen-bond acceptors (Lipinski definition) is 5. The van der Waals surface area contributed by atoms with Crippen LogP contribution >= 0.6 is 11.8 Å². The third kappa shape index (κ3) is 3.76. The lowest BCUT2D eigenvalue weighted by Crippen LogP contribution is -2.19. The molecule has 124 valence electrons. The summed E-state index contributed by atoms with van der Waals surface area (Å²) in [6.07, 6.45) is 2.55. The molecule has 0 aliphatic carbocycles. The molecule has 0 atom stereocenters. The van der Waals surface area contributed by atoms with Crippen LogP contribution in [-0.2, 0) is 6.54 Å². The highest BCUT2D eigenvalue weighted by Gasteiger charge is 2.15. The summed E-state index contributed by atoms with van der Waals surface area (Å²) in [5.41, 5.74) is 0.777. The van der Waals surface area contributed by atoms with Gasteiger partial charge in [0.2, 0.25) is 5.43 Å². The SMILES string of the molecule is Cc1c(OC(=O)c2ccccc2)c(=O)ccn1CCC1=NCCS1. The number of rotatable bonds is 5. The van der Waals surface area contributed by atoms with Gasteiger partial charge < -0.3 is 9.30 Å². The first-order valence-corrected chi connectivity index (χ1v) is 8.77. The van der Waals surface area contributed by atoms with E-state index in [4.69, 9.17) is 4.74 Å². The van der Waals surface area contributed by atoms with E-state index in [1.807, 2.05) is 10.6 Å². The molecule has 0 saturated heterocycles. The maximum atomic E-state index is 12.2. The van der Waals surface area contributed by atoms with Crippen LogP contribution in [0.3, 0.4) is 0 Å². The highest BCUT2D eigenvalue weighted by molar-refractivity contribution is 8.14. The summed E-state index contributed by atoms with van der Waals surface area (Å²) in [4.78, 5) is 28.7. The lowest BCUT2D eigenvalue weighted by atomic mass is 10.2. The third-order valence-electron chi connectivity index (χ3n) is 3.81. The summed E-state index contributed by atoms with van der Waals surface area (Å²) in [6, 6.07) is 10.1. The van der Waals surface area contributed by atoms with Crippen molar-refractivity contribution in [2.24, 2.45) is 4.99 Å². The van der Waals surface area contributed by atoms with Gasteiger partial charge in [0.15, 0.2) is 5.75 Å². The zero-order valence-corrected chi connectivity index (χ0v) is 14.2. The Kier molecular flexibility index (Phi) is 5.15. The smallest absolute Gasteiger partial charge is 0.343 e. The molecule has 0 fully saturated rings. The van der Waals surface area contributed by atoms with E-state index in [0.29, 0.717) is 17.8 Å². The van der Waals surface area contributed by atoms with Crippen molar-refractivity contribution in [2.45, 2.75) is 19.9 Å². The fourth-order valence-electron chi connectivity index (χ4n) is 2.49. The molecule has 1 aliphatic rings. The first-order chi connectivity index (χ1) is 11.6. The average Bonchev–Trinajstić information content (AvgIpc) is 3.12. The van der Waals surface area contributed by atoms with Crippen molar-refractivity contribution in [3.63, 3.8) is 0 Å². The second-order valence-electron chi connectivity index (χ2n) is 5.42. The minimum Gasteiger partial charge on any atom is -0.417 e. The minimum atomic E-state index is -0.524. The zero-order chi connectivity index (χ0) is 16.9. The van der Waals surface area contributed by atoms with Crippen molar-refractivity contribution in [1.29, 1.82) is 0 Å². The Morgan fingerprint density at radius 3 is 2.79 bits per heavy atom. The van der Waals surface area contributed by atoms with Crippen LogP contribution in [0.15, 0.2) is 52.4 Å². The molecular formula is C18H18N2O3S. The molecule has 3 rings (SSSR count). The number of pyridine rings is 1. The maximum absolute atomic E-state index is 12.2. The van der Waals surface area contributed by atoms with Gasteiger partial charge in [-0.05, 0) is 19.1 Å². The quantitative estimate of drug-likeness (QED) is 0.784. The number of carbonyl (C=O) groups is 1. The van der Waals surface area contributed by atoms with Crippen LogP contribution < -0.4 is 10.2 Å². The normalized spacial score (nSPS) is 13.6. The van der Waals surface area contributed by atoms with E-state index < -0.39 is 5.97 Å². The van der Waals surface area contributed by atoms with E-state index in [0.717, 1.165) is 23.8 Å². The van der Waals surface area contributed by atoms with E-state index in [1.165, 1.54) is 6.07 Å². The van der Waals surface area contributed by atoms with Gasteiger partial charge in [-0.2, -0.15) is 0 Å². The second kappa shape index (κ2) is 7.49. The molecule has 0 bridgehead atoms. The molecule has 0 saturated carbocycles. The summed E-state index contributed by atoms with van der Waals surface area (Å²) < 4.78 is 7.29. The summed E-state index contributed by atoms with van der Waals surface area (Å²) >= 11 is 1.77. The summed E-state index contributed by atoms with van der Waals surface area (Å²) in [5.74, 6) is 0.606. The number of carbonyl (C=O) groups excluding carboxylic acids is 1. The van der Waals surface area contributed by atoms with Gasteiger partial charge in [-0.3, -0.25) is 9.79 Å².